The highest BCUT2D eigenvalue weighted by molar-refractivity contribution is 6.30. The van der Waals surface area contributed by atoms with Crippen LogP contribution in [0.5, 0.6) is 5.75 Å². The molecule has 1 heterocycles. The van der Waals surface area contributed by atoms with E-state index in [4.69, 9.17) is 16.3 Å². The van der Waals surface area contributed by atoms with Crippen LogP contribution >= 0.6 is 11.6 Å². The third-order valence-corrected chi connectivity index (χ3v) is 4.10. The van der Waals surface area contributed by atoms with Gasteiger partial charge in [-0.1, -0.05) is 29.8 Å². The lowest BCUT2D eigenvalue weighted by molar-refractivity contribution is -0.119. The van der Waals surface area contributed by atoms with Gasteiger partial charge >= 0.3 is 6.09 Å². The Bertz CT molecular complexity index is 719. The number of carbonyl (C=O) groups excluding carboxylic acids is 2. The van der Waals surface area contributed by atoms with Crippen LogP contribution in [-0.2, 0) is 4.79 Å². The van der Waals surface area contributed by atoms with Gasteiger partial charge in [-0.2, -0.15) is 0 Å². The molecule has 0 bridgehead atoms. The quantitative estimate of drug-likeness (QED) is 0.917. The number of likely N-dealkylation sites (tertiary alicyclic amines) is 1. The van der Waals surface area contributed by atoms with Gasteiger partial charge < -0.3 is 10.1 Å². The average Bonchev–Trinajstić information content (AvgIpc) is 3.08. The average molecular weight is 345 g/mol. The minimum absolute atomic E-state index is 0.222. The highest BCUT2D eigenvalue weighted by Crippen LogP contribution is 2.22. The Hall–Kier alpha value is -2.53. The van der Waals surface area contributed by atoms with Gasteiger partial charge in [0.25, 0.3) is 0 Å². The van der Waals surface area contributed by atoms with Crippen LogP contribution in [0.15, 0.2) is 54.6 Å². The van der Waals surface area contributed by atoms with E-state index in [0.29, 0.717) is 29.4 Å². The smallest absolute Gasteiger partial charge is 0.410 e. The zero-order valence-corrected chi connectivity index (χ0v) is 13.7. The van der Waals surface area contributed by atoms with Gasteiger partial charge in [0.05, 0.1) is 0 Å². The van der Waals surface area contributed by atoms with E-state index in [1.807, 2.05) is 6.07 Å². The van der Waals surface area contributed by atoms with Gasteiger partial charge in [-0.15, -0.1) is 0 Å². The SMILES string of the molecule is O=C(Nc1ccc(Cl)cc1)[C@H]1CCCN1C(=O)Oc1ccccc1. The van der Waals surface area contributed by atoms with Crippen molar-refractivity contribution in [2.75, 3.05) is 11.9 Å². The molecule has 2 aromatic rings. The summed E-state index contributed by atoms with van der Waals surface area (Å²) >= 11 is 5.83. The summed E-state index contributed by atoms with van der Waals surface area (Å²) in [6.45, 7) is 0.504. The molecule has 1 saturated heterocycles. The number of anilines is 1. The van der Waals surface area contributed by atoms with Crippen molar-refractivity contribution in [1.29, 1.82) is 0 Å². The standard InChI is InChI=1S/C18H17ClN2O3/c19-13-8-10-14(11-9-13)20-17(22)16-7-4-12-21(16)18(23)24-15-5-2-1-3-6-15/h1-3,5-6,8-11,16H,4,7,12H2,(H,20,22)/t16-/m1/s1. The van der Waals surface area contributed by atoms with Gasteiger partial charge in [-0.3, -0.25) is 9.69 Å². The monoisotopic (exact) mass is 344 g/mol. The van der Waals surface area contributed by atoms with Crippen LogP contribution in [0.3, 0.4) is 0 Å². The maximum atomic E-state index is 12.5. The molecule has 1 atom stereocenters. The molecule has 0 unspecified atom stereocenters. The predicted octanol–water partition coefficient (Wildman–Crippen LogP) is 3.94. The Labute approximate surface area is 145 Å². The normalized spacial score (nSPS) is 16.7. The molecule has 0 aromatic heterocycles. The second kappa shape index (κ2) is 7.36. The predicted molar refractivity (Wildman–Crippen MR) is 92.3 cm³/mol. The molecule has 1 N–H and O–H groups in total. The summed E-state index contributed by atoms with van der Waals surface area (Å²) < 4.78 is 5.33. The second-order valence-corrected chi connectivity index (χ2v) is 5.97. The number of rotatable bonds is 3. The number of amides is 2. The Morgan fingerprint density at radius 2 is 1.79 bits per heavy atom. The number of carbonyl (C=O) groups is 2. The van der Waals surface area contributed by atoms with Crippen LogP contribution in [0.2, 0.25) is 5.02 Å². The lowest BCUT2D eigenvalue weighted by Crippen LogP contribution is -2.44. The fourth-order valence-electron chi connectivity index (χ4n) is 2.66. The summed E-state index contributed by atoms with van der Waals surface area (Å²) in [5.41, 5.74) is 0.646. The number of nitrogens with one attached hydrogen (secondary N) is 1. The Morgan fingerprint density at radius 1 is 1.08 bits per heavy atom. The number of ether oxygens (including phenoxy) is 1. The van der Waals surface area contributed by atoms with Gasteiger partial charge in [-0.25, -0.2) is 4.79 Å². The summed E-state index contributed by atoms with van der Waals surface area (Å²) in [4.78, 5) is 26.3. The Balaban J connectivity index is 1.65. The molecule has 2 aromatic carbocycles. The molecule has 5 nitrogen and oxygen atoms in total. The first-order valence-corrected chi connectivity index (χ1v) is 8.11. The fourth-order valence-corrected chi connectivity index (χ4v) is 2.79. The molecule has 124 valence electrons. The molecule has 24 heavy (non-hydrogen) atoms. The van der Waals surface area contributed by atoms with Crippen molar-refractivity contribution in [3.05, 3.63) is 59.6 Å². The van der Waals surface area contributed by atoms with E-state index in [0.717, 1.165) is 6.42 Å². The fraction of sp³-hybridized carbons (Fsp3) is 0.222. The maximum absolute atomic E-state index is 12.5. The van der Waals surface area contributed by atoms with Crippen LogP contribution in [-0.4, -0.2) is 29.5 Å². The van der Waals surface area contributed by atoms with E-state index in [-0.39, 0.29) is 5.91 Å². The van der Waals surface area contributed by atoms with Crippen LogP contribution in [0.25, 0.3) is 0 Å². The highest BCUT2D eigenvalue weighted by Gasteiger charge is 2.35. The number of para-hydroxylation sites is 1. The van der Waals surface area contributed by atoms with Crippen molar-refractivity contribution in [2.45, 2.75) is 18.9 Å². The van der Waals surface area contributed by atoms with Crippen LogP contribution in [0.1, 0.15) is 12.8 Å². The molecule has 2 amide bonds. The number of hydrogen-bond donors (Lipinski definition) is 1. The molecular weight excluding hydrogens is 328 g/mol. The Kier molecular flexibility index (Phi) is 5.01. The van der Waals surface area contributed by atoms with Gasteiger partial charge in [0.2, 0.25) is 5.91 Å². The molecule has 0 radical (unpaired) electrons. The Morgan fingerprint density at radius 3 is 2.50 bits per heavy atom. The number of hydrogen-bond acceptors (Lipinski definition) is 3. The highest BCUT2D eigenvalue weighted by atomic mass is 35.5. The number of nitrogens with zero attached hydrogens (tertiary/aromatic N) is 1. The van der Waals surface area contributed by atoms with Crippen LogP contribution in [0.4, 0.5) is 10.5 Å². The van der Waals surface area contributed by atoms with Crippen molar-refractivity contribution in [3.63, 3.8) is 0 Å². The van der Waals surface area contributed by atoms with E-state index in [1.165, 1.54) is 4.90 Å². The first-order valence-electron chi connectivity index (χ1n) is 7.73. The summed E-state index contributed by atoms with van der Waals surface area (Å²) in [6.07, 6.45) is 0.876. The van der Waals surface area contributed by atoms with Crippen molar-refractivity contribution in [2.24, 2.45) is 0 Å². The molecule has 1 fully saturated rings. The minimum Gasteiger partial charge on any atom is -0.410 e. The third-order valence-electron chi connectivity index (χ3n) is 3.85. The van der Waals surface area contributed by atoms with E-state index in [1.54, 1.807) is 48.5 Å². The van der Waals surface area contributed by atoms with Crippen molar-refractivity contribution in [3.8, 4) is 5.75 Å². The zero-order valence-electron chi connectivity index (χ0n) is 12.9. The molecule has 6 heteroatoms. The zero-order chi connectivity index (χ0) is 16.9. The van der Waals surface area contributed by atoms with Gasteiger partial charge in [0, 0.05) is 17.3 Å². The minimum atomic E-state index is -0.531. The molecule has 0 aliphatic carbocycles. The van der Waals surface area contributed by atoms with Crippen LogP contribution < -0.4 is 10.1 Å². The van der Waals surface area contributed by atoms with Crippen molar-refractivity contribution < 1.29 is 14.3 Å². The molecule has 0 saturated carbocycles. The van der Waals surface area contributed by atoms with Gasteiger partial charge in [0.15, 0.2) is 0 Å². The third kappa shape index (κ3) is 3.86. The molecule has 0 spiro atoms. The van der Waals surface area contributed by atoms with Gasteiger partial charge in [-0.05, 0) is 49.2 Å². The van der Waals surface area contributed by atoms with E-state index >= 15 is 0 Å². The molecular formula is C18H17ClN2O3. The second-order valence-electron chi connectivity index (χ2n) is 5.53. The molecule has 1 aliphatic rings. The van der Waals surface area contributed by atoms with E-state index < -0.39 is 12.1 Å². The summed E-state index contributed by atoms with van der Waals surface area (Å²) in [5, 5.41) is 3.41. The van der Waals surface area contributed by atoms with E-state index in [9.17, 15) is 9.59 Å². The van der Waals surface area contributed by atoms with Crippen molar-refractivity contribution in [1.82, 2.24) is 4.90 Å². The van der Waals surface area contributed by atoms with Gasteiger partial charge in [0.1, 0.15) is 11.8 Å². The largest absolute Gasteiger partial charge is 0.415 e. The topological polar surface area (TPSA) is 58.6 Å². The van der Waals surface area contributed by atoms with Crippen LogP contribution in [0, 0.1) is 0 Å². The first kappa shape index (κ1) is 16.3. The maximum Gasteiger partial charge on any atom is 0.415 e. The number of halogens is 1. The van der Waals surface area contributed by atoms with E-state index in [2.05, 4.69) is 5.32 Å². The summed E-state index contributed by atoms with van der Waals surface area (Å²) in [7, 11) is 0. The molecule has 3 rings (SSSR count). The summed E-state index contributed by atoms with van der Waals surface area (Å²) in [5.74, 6) is 0.242. The lowest BCUT2D eigenvalue weighted by Gasteiger charge is -2.23. The summed E-state index contributed by atoms with van der Waals surface area (Å²) in [6, 6.07) is 15.2. The first-order chi connectivity index (χ1) is 11.6. The van der Waals surface area contributed by atoms with Crippen molar-refractivity contribution >= 4 is 29.3 Å². The lowest BCUT2D eigenvalue weighted by atomic mass is 10.2. The molecule has 1 aliphatic heterocycles. The number of benzene rings is 2.